The highest BCUT2D eigenvalue weighted by molar-refractivity contribution is 6.30. The second-order valence-electron chi connectivity index (χ2n) is 3.53. The van der Waals surface area contributed by atoms with Crippen molar-refractivity contribution in [2.75, 3.05) is 0 Å². The first-order valence-corrected chi connectivity index (χ1v) is 5.99. The largest absolute Gasteiger partial charge is 0.457 e. The van der Waals surface area contributed by atoms with E-state index in [4.69, 9.17) is 27.9 Å². The summed E-state index contributed by atoms with van der Waals surface area (Å²) in [5.74, 6) is -0.603. The molecule has 0 aliphatic heterocycles. The predicted octanol–water partition coefficient (Wildman–Crippen LogP) is 5.15. The Morgan fingerprint density at radius 2 is 1.83 bits per heavy atom. The van der Waals surface area contributed by atoms with Gasteiger partial charge in [0.15, 0.2) is 0 Å². The minimum absolute atomic E-state index is 0.000779. The zero-order valence-electron chi connectivity index (χ0n) is 9.09. The average molecular weight is 289 g/mol. The molecular weight excluding hydrogens is 281 g/mol. The summed E-state index contributed by atoms with van der Waals surface area (Å²) < 4.78 is 32.1. The number of benzene rings is 2. The smallest absolute Gasteiger partial charge is 0.145 e. The maximum atomic E-state index is 13.4. The summed E-state index contributed by atoms with van der Waals surface area (Å²) in [6.07, 6.45) is 0. The highest BCUT2D eigenvalue weighted by atomic mass is 35.5. The molecule has 0 bridgehead atoms. The zero-order valence-corrected chi connectivity index (χ0v) is 10.6. The van der Waals surface area contributed by atoms with Gasteiger partial charge in [-0.1, -0.05) is 17.7 Å². The van der Waals surface area contributed by atoms with Crippen LogP contribution in [-0.4, -0.2) is 0 Å². The van der Waals surface area contributed by atoms with Crippen LogP contribution in [0.25, 0.3) is 0 Å². The molecule has 0 aromatic heterocycles. The summed E-state index contributed by atoms with van der Waals surface area (Å²) in [6, 6.07) is 8.33. The lowest BCUT2D eigenvalue weighted by molar-refractivity contribution is 0.465. The van der Waals surface area contributed by atoms with Crippen LogP contribution >= 0.6 is 23.2 Å². The van der Waals surface area contributed by atoms with Gasteiger partial charge in [0, 0.05) is 11.6 Å². The van der Waals surface area contributed by atoms with E-state index in [1.165, 1.54) is 24.3 Å². The van der Waals surface area contributed by atoms with Gasteiger partial charge < -0.3 is 4.74 Å². The second kappa shape index (κ2) is 5.55. The van der Waals surface area contributed by atoms with E-state index >= 15 is 0 Å². The number of hydrogen-bond acceptors (Lipinski definition) is 1. The van der Waals surface area contributed by atoms with Gasteiger partial charge >= 0.3 is 0 Å². The lowest BCUT2D eigenvalue weighted by Gasteiger charge is -2.10. The van der Waals surface area contributed by atoms with E-state index in [1.807, 2.05) is 0 Å². The highest BCUT2D eigenvalue weighted by Gasteiger charge is 2.10. The van der Waals surface area contributed by atoms with Crippen molar-refractivity contribution in [3.8, 4) is 11.5 Å². The molecule has 0 aliphatic rings. The molecule has 0 saturated heterocycles. The number of rotatable bonds is 3. The van der Waals surface area contributed by atoms with E-state index in [9.17, 15) is 8.78 Å². The van der Waals surface area contributed by atoms with Crippen molar-refractivity contribution in [1.82, 2.24) is 0 Å². The molecule has 0 aliphatic carbocycles. The lowest BCUT2D eigenvalue weighted by Crippen LogP contribution is -1.93. The quantitative estimate of drug-likeness (QED) is 0.710. The van der Waals surface area contributed by atoms with E-state index in [-0.39, 0.29) is 28.0 Å². The molecule has 0 N–H and O–H groups in total. The summed E-state index contributed by atoms with van der Waals surface area (Å²) in [6.45, 7) is 0. The Labute approximate surface area is 113 Å². The number of halogens is 4. The molecule has 2 aromatic carbocycles. The van der Waals surface area contributed by atoms with E-state index in [0.717, 1.165) is 6.07 Å². The summed E-state index contributed by atoms with van der Waals surface area (Å²) in [4.78, 5) is 0. The monoisotopic (exact) mass is 288 g/mol. The molecule has 0 unspecified atom stereocenters. The van der Waals surface area contributed by atoms with Gasteiger partial charge in [-0.25, -0.2) is 8.78 Å². The second-order valence-corrected chi connectivity index (χ2v) is 4.20. The Morgan fingerprint density at radius 1 is 1.06 bits per heavy atom. The topological polar surface area (TPSA) is 9.23 Å². The normalized spacial score (nSPS) is 10.4. The standard InChI is InChI=1S/C13H8Cl2F2O/c14-7-9-11(16)2-1-3-13(9)18-8-4-5-10(15)12(17)6-8/h1-6H,7H2. The summed E-state index contributed by atoms with van der Waals surface area (Å²) in [7, 11) is 0. The first-order valence-electron chi connectivity index (χ1n) is 5.08. The summed E-state index contributed by atoms with van der Waals surface area (Å²) in [5.41, 5.74) is 0.231. The Morgan fingerprint density at radius 3 is 2.50 bits per heavy atom. The predicted molar refractivity (Wildman–Crippen MR) is 67.4 cm³/mol. The van der Waals surface area contributed by atoms with Crippen molar-refractivity contribution in [2.24, 2.45) is 0 Å². The molecule has 0 saturated carbocycles. The molecule has 0 heterocycles. The van der Waals surface area contributed by atoms with Crippen LogP contribution in [-0.2, 0) is 5.88 Å². The van der Waals surface area contributed by atoms with Gasteiger partial charge in [0.1, 0.15) is 23.1 Å². The van der Waals surface area contributed by atoms with Crippen LogP contribution in [0.5, 0.6) is 11.5 Å². The molecule has 0 amide bonds. The van der Waals surface area contributed by atoms with Gasteiger partial charge in [-0.05, 0) is 24.3 Å². The number of ether oxygens (including phenoxy) is 1. The van der Waals surface area contributed by atoms with E-state index in [0.29, 0.717) is 0 Å². The molecule has 18 heavy (non-hydrogen) atoms. The van der Waals surface area contributed by atoms with Crippen LogP contribution in [0, 0.1) is 11.6 Å². The lowest BCUT2D eigenvalue weighted by atomic mass is 10.2. The van der Waals surface area contributed by atoms with Gasteiger partial charge in [0.05, 0.1) is 10.9 Å². The molecule has 5 heteroatoms. The molecule has 94 valence electrons. The van der Waals surface area contributed by atoms with Crippen LogP contribution in [0.15, 0.2) is 36.4 Å². The van der Waals surface area contributed by atoms with Gasteiger partial charge in [-0.3, -0.25) is 0 Å². The first-order chi connectivity index (χ1) is 8.61. The zero-order chi connectivity index (χ0) is 13.1. The van der Waals surface area contributed by atoms with Crippen molar-refractivity contribution in [2.45, 2.75) is 5.88 Å². The van der Waals surface area contributed by atoms with E-state index < -0.39 is 11.6 Å². The minimum atomic E-state index is -0.599. The van der Waals surface area contributed by atoms with Crippen LogP contribution < -0.4 is 4.74 Å². The van der Waals surface area contributed by atoms with Crippen molar-refractivity contribution in [3.05, 3.63) is 58.6 Å². The summed E-state index contributed by atoms with van der Waals surface area (Å²) >= 11 is 11.2. The highest BCUT2D eigenvalue weighted by Crippen LogP contribution is 2.30. The van der Waals surface area contributed by atoms with Crippen molar-refractivity contribution in [3.63, 3.8) is 0 Å². The Bertz CT molecular complexity index is 573. The van der Waals surface area contributed by atoms with Crippen LogP contribution in [0.4, 0.5) is 8.78 Å². The van der Waals surface area contributed by atoms with Crippen molar-refractivity contribution >= 4 is 23.2 Å². The maximum Gasteiger partial charge on any atom is 0.145 e. The third-order valence-electron chi connectivity index (χ3n) is 2.33. The van der Waals surface area contributed by atoms with Gasteiger partial charge in [-0.2, -0.15) is 0 Å². The number of hydrogen-bond donors (Lipinski definition) is 0. The maximum absolute atomic E-state index is 13.4. The van der Waals surface area contributed by atoms with Gasteiger partial charge in [0.25, 0.3) is 0 Å². The molecule has 2 rings (SSSR count). The average Bonchev–Trinajstić information content (AvgIpc) is 2.34. The Balaban J connectivity index is 2.34. The SMILES string of the molecule is Fc1cc(Oc2cccc(F)c2CCl)ccc1Cl. The molecule has 1 nitrogen and oxygen atoms in total. The van der Waals surface area contributed by atoms with Gasteiger partial charge in [-0.15, -0.1) is 11.6 Å². The van der Waals surface area contributed by atoms with Gasteiger partial charge in [0.2, 0.25) is 0 Å². The summed E-state index contributed by atoms with van der Waals surface area (Å²) in [5, 5.41) is -0.000779. The van der Waals surface area contributed by atoms with Crippen LogP contribution in [0.2, 0.25) is 5.02 Å². The van der Waals surface area contributed by atoms with E-state index in [2.05, 4.69) is 0 Å². The van der Waals surface area contributed by atoms with Crippen LogP contribution in [0.1, 0.15) is 5.56 Å². The molecule has 2 aromatic rings. The molecule has 0 atom stereocenters. The van der Waals surface area contributed by atoms with Crippen molar-refractivity contribution in [1.29, 1.82) is 0 Å². The van der Waals surface area contributed by atoms with Crippen LogP contribution in [0.3, 0.4) is 0 Å². The first kappa shape index (κ1) is 13.1. The third kappa shape index (κ3) is 2.74. The Hall–Kier alpha value is -1.32. The molecule has 0 fully saturated rings. The van der Waals surface area contributed by atoms with Crippen molar-refractivity contribution < 1.29 is 13.5 Å². The fourth-order valence-corrected chi connectivity index (χ4v) is 1.81. The molecule has 0 spiro atoms. The molecular formula is C13H8Cl2F2O. The van der Waals surface area contributed by atoms with E-state index in [1.54, 1.807) is 6.07 Å². The third-order valence-corrected chi connectivity index (χ3v) is 2.90. The minimum Gasteiger partial charge on any atom is -0.457 e. The fraction of sp³-hybridized carbons (Fsp3) is 0.0769. The number of alkyl halides is 1. The Kier molecular flexibility index (Phi) is 4.04. The molecule has 0 radical (unpaired) electrons. The fourth-order valence-electron chi connectivity index (χ4n) is 1.43.